The molecule has 0 amide bonds. The standard InChI is InChI=1S/C11H19NO/c1-10(2,3)11-4-6-12(7-5-11)8-9(11)13/h4-8H2,1-3H3. The minimum atomic E-state index is 0.00174. The molecule has 0 aromatic rings. The van der Waals surface area contributed by atoms with Crippen LogP contribution in [-0.2, 0) is 4.79 Å². The number of carbonyl (C=O) groups is 1. The molecule has 3 fully saturated rings. The summed E-state index contributed by atoms with van der Waals surface area (Å²) in [6.07, 6.45) is 2.16. The first-order valence-electron chi connectivity index (χ1n) is 5.21. The molecule has 0 aromatic carbocycles. The van der Waals surface area contributed by atoms with Gasteiger partial charge in [-0.05, 0) is 31.3 Å². The zero-order valence-electron chi connectivity index (χ0n) is 8.89. The smallest absolute Gasteiger partial charge is 0.153 e. The van der Waals surface area contributed by atoms with Crippen LogP contribution in [0, 0.1) is 10.8 Å². The first-order chi connectivity index (χ1) is 5.96. The van der Waals surface area contributed by atoms with E-state index in [0.29, 0.717) is 12.3 Å². The molecule has 0 spiro atoms. The Bertz CT molecular complexity index is 231. The summed E-state index contributed by atoms with van der Waals surface area (Å²) < 4.78 is 0. The maximum Gasteiger partial charge on any atom is 0.153 e. The maximum atomic E-state index is 12.0. The third-order valence-corrected chi connectivity index (χ3v) is 4.05. The summed E-state index contributed by atoms with van der Waals surface area (Å²) in [7, 11) is 0. The van der Waals surface area contributed by atoms with Gasteiger partial charge in [-0.1, -0.05) is 20.8 Å². The van der Waals surface area contributed by atoms with E-state index in [1.165, 1.54) is 0 Å². The molecule has 3 saturated heterocycles. The van der Waals surface area contributed by atoms with Crippen LogP contribution in [0.4, 0.5) is 0 Å². The number of rotatable bonds is 0. The van der Waals surface area contributed by atoms with Gasteiger partial charge < -0.3 is 0 Å². The van der Waals surface area contributed by atoms with E-state index in [0.717, 1.165) is 25.9 Å². The molecule has 3 rings (SSSR count). The number of hydrogen-bond acceptors (Lipinski definition) is 2. The van der Waals surface area contributed by atoms with Crippen LogP contribution in [-0.4, -0.2) is 30.3 Å². The molecular weight excluding hydrogens is 162 g/mol. The van der Waals surface area contributed by atoms with Gasteiger partial charge in [0.05, 0.1) is 6.54 Å². The summed E-state index contributed by atoms with van der Waals surface area (Å²) in [4.78, 5) is 14.3. The van der Waals surface area contributed by atoms with E-state index in [1.54, 1.807) is 0 Å². The summed E-state index contributed by atoms with van der Waals surface area (Å²) in [6, 6.07) is 0. The number of ketones is 1. The van der Waals surface area contributed by atoms with Gasteiger partial charge in [-0.3, -0.25) is 9.69 Å². The highest BCUT2D eigenvalue weighted by Crippen LogP contribution is 2.50. The second kappa shape index (κ2) is 2.57. The number of nitrogens with zero attached hydrogens (tertiary/aromatic N) is 1. The third kappa shape index (κ3) is 1.15. The highest BCUT2D eigenvalue weighted by atomic mass is 16.1. The molecule has 3 heterocycles. The zero-order chi connectivity index (χ0) is 9.69. The Hall–Kier alpha value is -0.370. The fourth-order valence-corrected chi connectivity index (χ4v) is 2.89. The largest absolute Gasteiger partial charge is 0.298 e. The van der Waals surface area contributed by atoms with Gasteiger partial charge in [-0.15, -0.1) is 0 Å². The minimum absolute atomic E-state index is 0.00174. The van der Waals surface area contributed by atoms with E-state index in [2.05, 4.69) is 25.7 Å². The fourth-order valence-electron chi connectivity index (χ4n) is 2.89. The topological polar surface area (TPSA) is 20.3 Å². The second-order valence-electron chi connectivity index (χ2n) is 5.53. The van der Waals surface area contributed by atoms with Crippen LogP contribution in [0.25, 0.3) is 0 Å². The lowest BCUT2D eigenvalue weighted by atomic mass is 9.57. The number of fused-ring (bicyclic) bond motifs is 3. The summed E-state index contributed by atoms with van der Waals surface area (Å²) in [5.41, 5.74) is 0.151. The van der Waals surface area contributed by atoms with Crippen molar-refractivity contribution in [2.45, 2.75) is 33.6 Å². The van der Waals surface area contributed by atoms with E-state index in [9.17, 15) is 4.79 Å². The Labute approximate surface area is 80.3 Å². The van der Waals surface area contributed by atoms with Crippen molar-refractivity contribution in [1.29, 1.82) is 0 Å². The van der Waals surface area contributed by atoms with Crippen molar-refractivity contribution in [3.8, 4) is 0 Å². The Kier molecular flexibility index (Phi) is 1.82. The van der Waals surface area contributed by atoms with Crippen LogP contribution in [0.1, 0.15) is 33.6 Å². The average molecular weight is 181 g/mol. The highest BCUT2D eigenvalue weighted by Gasteiger charge is 2.52. The molecule has 0 saturated carbocycles. The predicted octanol–water partition coefficient (Wildman–Crippen LogP) is 1.70. The van der Waals surface area contributed by atoms with Gasteiger partial charge in [-0.25, -0.2) is 0 Å². The molecule has 3 aliphatic heterocycles. The number of piperidine rings is 3. The number of Topliss-reactive ketones (excluding diaryl/α,β-unsaturated/α-hetero) is 1. The van der Waals surface area contributed by atoms with Gasteiger partial charge in [0.15, 0.2) is 5.78 Å². The first kappa shape index (κ1) is 9.20. The quantitative estimate of drug-likeness (QED) is 0.567. The average Bonchev–Trinajstić information content (AvgIpc) is 2.03. The molecule has 0 unspecified atom stereocenters. The van der Waals surface area contributed by atoms with Crippen LogP contribution in [0.2, 0.25) is 0 Å². The molecule has 0 N–H and O–H groups in total. The van der Waals surface area contributed by atoms with Crippen molar-refractivity contribution in [1.82, 2.24) is 4.90 Å². The van der Waals surface area contributed by atoms with Crippen LogP contribution in [0.3, 0.4) is 0 Å². The summed E-state index contributed by atoms with van der Waals surface area (Å²) in [6.45, 7) is 9.60. The molecule has 0 aromatic heterocycles. The summed E-state index contributed by atoms with van der Waals surface area (Å²) >= 11 is 0. The zero-order valence-corrected chi connectivity index (χ0v) is 8.89. The molecule has 0 aliphatic carbocycles. The highest BCUT2D eigenvalue weighted by molar-refractivity contribution is 5.89. The Balaban J connectivity index is 2.33. The molecule has 74 valence electrons. The maximum absolute atomic E-state index is 12.0. The SMILES string of the molecule is CC(C)(C)C12CCN(CC1)CC2=O. The Morgan fingerprint density at radius 1 is 1.23 bits per heavy atom. The van der Waals surface area contributed by atoms with Crippen molar-refractivity contribution < 1.29 is 4.79 Å². The summed E-state index contributed by atoms with van der Waals surface area (Å²) in [5, 5.41) is 0. The van der Waals surface area contributed by atoms with E-state index < -0.39 is 0 Å². The van der Waals surface area contributed by atoms with Crippen molar-refractivity contribution in [3.05, 3.63) is 0 Å². The molecule has 2 heteroatoms. The minimum Gasteiger partial charge on any atom is -0.298 e. The van der Waals surface area contributed by atoms with Gasteiger partial charge in [0.2, 0.25) is 0 Å². The van der Waals surface area contributed by atoms with Gasteiger partial charge in [0.1, 0.15) is 0 Å². The van der Waals surface area contributed by atoms with Crippen LogP contribution >= 0.6 is 0 Å². The van der Waals surface area contributed by atoms with E-state index in [1.807, 2.05) is 0 Å². The third-order valence-electron chi connectivity index (χ3n) is 4.05. The summed E-state index contributed by atoms with van der Waals surface area (Å²) in [5.74, 6) is 0.484. The van der Waals surface area contributed by atoms with Crippen molar-refractivity contribution in [3.63, 3.8) is 0 Å². The van der Waals surface area contributed by atoms with E-state index in [4.69, 9.17) is 0 Å². The normalized spacial score (nSPS) is 39.6. The molecular formula is C11H19NO. The number of hydrogen-bond donors (Lipinski definition) is 0. The predicted molar refractivity (Wildman–Crippen MR) is 52.6 cm³/mol. The lowest BCUT2D eigenvalue weighted by Gasteiger charge is -2.53. The molecule has 13 heavy (non-hydrogen) atoms. The van der Waals surface area contributed by atoms with Gasteiger partial charge in [0.25, 0.3) is 0 Å². The molecule has 2 bridgehead atoms. The molecule has 3 aliphatic rings. The van der Waals surface area contributed by atoms with Crippen molar-refractivity contribution in [2.75, 3.05) is 19.6 Å². The van der Waals surface area contributed by atoms with Crippen LogP contribution in [0.15, 0.2) is 0 Å². The van der Waals surface area contributed by atoms with Gasteiger partial charge in [0, 0.05) is 5.41 Å². The second-order valence-corrected chi connectivity index (χ2v) is 5.53. The molecule has 0 radical (unpaired) electrons. The fraction of sp³-hybridized carbons (Fsp3) is 0.909. The van der Waals surface area contributed by atoms with Gasteiger partial charge >= 0.3 is 0 Å². The number of carbonyl (C=O) groups excluding carboxylic acids is 1. The van der Waals surface area contributed by atoms with Crippen molar-refractivity contribution in [2.24, 2.45) is 10.8 Å². The van der Waals surface area contributed by atoms with E-state index in [-0.39, 0.29) is 10.8 Å². The van der Waals surface area contributed by atoms with Gasteiger partial charge in [-0.2, -0.15) is 0 Å². The molecule has 2 nitrogen and oxygen atoms in total. The lowest BCUT2D eigenvalue weighted by Crippen LogP contribution is -2.59. The molecule has 0 atom stereocenters. The lowest BCUT2D eigenvalue weighted by molar-refractivity contribution is -0.150. The van der Waals surface area contributed by atoms with Crippen LogP contribution < -0.4 is 0 Å². The Morgan fingerprint density at radius 3 is 2.08 bits per heavy atom. The van der Waals surface area contributed by atoms with Crippen LogP contribution in [0.5, 0.6) is 0 Å². The van der Waals surface area contributed by atoms with E-state index >= 15 is 0 Å². The monoisotopic (exact) mass is 181 g/mol. The Morgan fingerprint density at radius 2 is 1.77 bits per heavy atom. The first-order valence-corrected chi connectivity index (χ1v) is 5.21. The van der Waals surface area contributed by atoms with Crippen molar-refractivity contribution >= 4 is 5.78 Å².